The van der Waals surface area contributed by atoms with E-state index in [4.69, 9.17) is 5.14 Å². The normalized spacial score (nSPS) is 12.7. The highest BCUT2D eigenvalue weighted by atomic mass is 32.2. The van der Waals surface area contributed by atoms with Crippen LogP contribution in [-0.4, -0.2) is 49.8 Å². The van der Waals surface area contributed by atoms with Crippen molar-refractivity contribution in [2.45, 2.75) is 46.9 Å². The van der Waals surface area contributed by atoms with Crippen LogP contribution in [0.4, 0.5) is 0 Å². The molecule has 0 atom stereocenters. The van der Waals surface area contributed by atoms with E-state index in [1.807, 2.05) is 0 Å². The average Bonchev–Trinajstić information content (AvgIpc) is 3.06. The number of hydrogen-bond acceptors (Lipinski definition) is 7. The van der Waals surface area contributed by atoms with Crippen LogP contribution in [0, 0.1) is 0 Å². The summed E-state index contributed by atoms with van der Waals surface area (Å²) in [4.78, 5) is 9.04. The number of nitrogens with two attached hydrogens (primary N) is 1. The molecule has 0 fully saturated rings. The van der Waals surface area contributed by atoms with Gasteiger partial charge in [-0.05, 0) is 36.8 Å². The summed E-state index contributed by atoms with van der Waals surface area (Å²) in [6.07, 6.45) is 3.30. The Bertz CT molecular complexity index is 1280. The Kier molecular flexibility index (Phi) is 7.06. The van der Waals surface area contributed by atoms with Crippen LogP contribution in [0.25, 0.3) is 11.0 Å². The van der Waals surface area contributed by atoms with Gasteiger partial charge in [-0.3, -0.25) is 0 Å². The van der Waals surface area contributed by atoms with Crippen molar-refractivity contribution in [3.63, 3.8) is 0 Å². The third-order valence-corrected chi connectivity index (χ3v) is 8.35. The number of rotatable bonds is 9. The van der Waals surface area contributed by atoms with Gasteiger partial charge in [-0.2, -0.15) is 0 Å². The van der Waals surface area contributed by atoms with E-state index in [0.29, 0.717) is 16.3 Å². The average molecular weight is 484 g/mol. The van der Waals surface area contributed by atoms with Gasteiger partial charge in [0.05, 0.1) is 26.7 Å². The zero-order valence-electron chi connectivity index (χ0n) is 17.5. The molecule has 0 amide bonds. The summed E-state index contributed by atoms with van der Waals surface area (Å²) in [5.41, 5.74) is 1.41. The molecule has 2 N–H and O–H groups in total. The monoisotopic (exact) mass is 483 g/mol. The molecule has 3 aromatic rings. The van der Waals surface area contributed by atoms with Crippen LogP contribution in [0.2, 0.25) is 0 Å². The first kappa shape index (κ1) is 23.7. The Labute approximate surface area is 186 Å². The van der Waals surface area contributed by atoms with Crippen molar-refractivity contribution in [1.82, 2.24) is 18.8 Å². The lowest BCUT2D eigenvalue weighted by Gasteiger charge is -2.11. The summed E-state index contributed by atoms with van der Waals surface area (Å²) in [6, 6.07) is 7.90. The number of aryl methyl sites for hydroxylation is 1. The molecule has 31 heavy (non-hydrogen) atoms. The van der Waals surface area contributed by atoms with Gasteiger partial charge >= 0.3 is 0 Å². The number of hydrogen-bond donors (Lipinski definition) is 1. The van der Waals surface area contributed by atoms with Crippen molar-refractivity contribution < 1.29 is 16.8 Å². The maximum Gasteiger partial charge on any atom is 0.244 e. The van der Waals surface area contributed by atoms with Crippen LogP contribution in [0.3, 0.4) is 0 Å². The van der Waals surface area contributed by atoms with Crippen molar-refractivity contribution in [3.05, 3.63) is 42.4 Å². The lowest BCUT2D eigenvalue weighted by molar-refractivity contribution is 0.520. The van der Waals surface area contributed by atoms with Gasteiger partial charge in [0, 0.05) is 26.8 Å². The van der Waals surface area contributed by atoms with Crippen LogP contribution in [-0.2, 0) is 32.3 Å². The van der Waals surface area contributed by atoms with Gasteiger partial charge in [-0.15, -0.1) is 0 Å². The summed E-state index contributed by atoms with van der Waals surface area (Å²) >= 11 is 1.43. The number of imidazole rings is 1. The van der Waals surface area contributed by atoms with Gasteiger partial charge in [0.2, 0.25) is 20.0 Å². The number of benzene rings is 1. The molecule has 0 spiro atoms. The van der Waals surface area contributed by atoms with E-state index in [2.05, 4.69) is 21.5 Å². The van der Waals surface area contributed by atoms with E-state index in [-0.39, 0.29) is 9.79 Å². The number of nitrogens with zero attached hydrogens (tertiary/aromatic N) is 4. The molecule has 0 aliphatic heterocycles. The molecule has 0 saturated heterocycles. The second-order valence-corrected chi connectivity index (χ2v) is 11.8. The minimum absolute atomic E-state index is 0.0266. The minimum atomic E-state index is -3.81. The van der Waals surface area contributed by atoms with E-state index in [9.17, 15) is 16.8 Å². The lowest BCUT2D eigenvalue weighted by Crippen LogP contribution is -2.22. The Morgan fingerprint density at radius 3 is 2.39 bits per heavy atom. The van der Waals surface area contributed by atoms with Crippen molar-refractivity contribution in [2.24, 2.45) is 5.14 Å². The lowest BCUT2D eigenvalue weighted by atomic mass is 10.3. The van der Waals surface area contributed by atoms with Crippen LogP contribution in [0.1, 0.15) is 25.6 Å². The highest BCUT2D eigenvalue weighted by Gasteiger charge is 2.18. The molecule has 0 radical (unpaired) electrons. The fourth-order valence-electron chi connectivity index (χ4n) is 2.97. The number of aromatic nitrogens is 3. The van der Waals surface area contributed by atoms with Gasteiger partial charge in [-0.25, -0.2) is 36.2 Å². The number of thioether (sulfide) groups is 1. The summed E-state index contributed by atoms with van der Waals surface area (Å²) < 4.78 is 50.9. The number of pyridine rings is 1. The van der Waals surface area contributed by atoms with Crippen LogP contribution < -0.4 is 5.14 Å². The summed E-state index contributed by atoms with van der Waals surface area (Å²) in [7, 11) is -4.39. The molecule has 0 aliphatic rings. The predicted molar refractivity (Wildman–Crippen MR) is 121 cm³/mol. The smallest absolute Gasteiger partial charge is 0.244 e. The van der Waals surface area contributed by atoms with E-state index >= 15 is 0 Å². The molecular weight excluding hydrogens is 458 g/mol. The predicted octanol–water partition coefficient (Wildman–Crippen LogP) is 2.42. The van der Waals surface area contributed by atoms with Gasteiger partial charge in [-0.1, -0.05) is 25.1 Å². The molecule has 168 valence electrons. The van der Waals surface area contributed by atoms with Gasteiger partial charge < -0.3 is 4.57 Å². The Balaban J connectivity index is 1.88. The first-order valence-electron chi connectivity index (χ1n) is 9.57. The van der Waals surface area contributed by atoms with Gasteiger partial charge in [0.25, 0.3) is 0 Å². The number of unbranched alkanes of at least 4 members (excludes halogenated alkanes) is 1. The quantitative estimate of drug-likeness (QED) is 0.463. The molecule has 12 heteroatoms. The first-order valence-corrected chi connectivity index (χ1v) is 13.5. The number of sulfonamides is 2. The summed E-state index contributed by atoms with van der Waals surface area (Å²) in [6.45, 7) is 2.85. The van der Waals surface area contributed by atoms with Crippen molar-refractivity contribution in [3.8, 4) is 0 Å². The van der Waals surface area contributed by atoms with Crippen molar-refractivity contribution >= 4 is 42.8 Å². The van der Waals surface area contributed by atoms with Gasteiger partial charge in [0.15, 0.2) is 0 Å². The summed E-state index contributed by atoms with van der Waals surface area (Å²) in [5.74, 6) is 1.28. The zero-order chi connectivity index (χ0) is 22.8. The highest BCUT2D eigenvalue weighted by Crippen LogP contribution is 2.26. The molecule has 0 bridgehead atoms. The molecular formula is C19H25N5O4S3. The maximum absolute atomic E-state index is 12.2. The highest BCUT2D eigenvalue weighted by molar-refractivity contribution is 7.98. The molecule has 3 rings (SSSR count). The van der Waals surface area contributed by atoms with Gasteiger partial charge in [0.1, 0.15) is 10.7 Å². The fourth-order valence-corrected chi connectivity index (χ4v) is 5.14. The van der Waals surface area contributed by atoms with E-state index < -0.39 is 20.0 Å². The molecule has 1 aromatic carbocycles. The topological polar surface area (TPSA) is 128 Å². The van der Waals surface area contributed by atoms with Crippen LogP contribution >= 0.6 is 11.8 Å². The molecule has 9 nitrogen and oxygen atoms in total. The molecule has 2 aromatic heterocycles. The Morgan fingerprint density at radius 2 is 1.81 bits per heavy atom. The maximum atomic E-state index is 12.2. The third kappa shape index (κ3) is 5.26. The second-order valence-electron chi connectivity index (χ2n) is 7.14. The number of primary sulfonamides is 1. The Morgan fingerprint density at radius 1 is 1.10 bits per heavy atom. The van der Waals surface area contributed by atoms with Crippen LogP contribution in [0.15, 0.2) is 51.3 Å². The number of fused-ring (bicyclic) bond motifs is 1. The van der Waals surface area contributed by atoms with E-state index in [1.165, 1.54) is 50.3 Å². The summed E-state index contributed by atoms with van der Waals surface area (Å²) in [5, 5.41) is 5.91. The molecule has 2 heterocycles. The minimum Gasteiger partial charge on any atom is -0.327 e. The first-order chi connectivity index (χ1) is 14.5. The second kappa shape index (κ2) is 9.25. The van der Waals surface area contributed by atoms with E-state index in [0.717, 1.165) is 35.0 Å². The SMILES string of the molecule is CCCCn1c(CSc2ccc(S(=O)(=O)N(C)C)cn2)nc2cc(S(N)(=O)=O)ccc21. The molecule has 0 aliphatic carbocycles. The van der Waals surface area contributed by atoms with Crippen LogP contribution in [0.5, 0.6) is 0 Å². The largest absolute Gasteiger partial charge is 0.327 e. The fraction of sp³-hybridized carbons (Fsp3) is 0.368. The van der Waals surface area contributed by atoms with Crippen molar-refractivity contribution in [1.29, 1.82) is 0 Å². The van der Waals surface area contributed by atoms with E-state index in [1.54, 1.807) is 12.1 Å². The molecule has 0 saturated carbocycles. The third-order valence-electron chi connectivity index (χ3n) is 4.70. The zero-order valence-corrected chi connectivity index (χ0v) is 20.0. The molecule has 0 unspecified atom stereocenters. The Hall–Kier alpha value is -1.99. The standard InChI is InChI=1S/C19H25N5O4S3/c1-4-5-10-24-17-8-6-14(30(20,25)26)11-16(17)22-18(24)13-29-19-9-7-15(12-21-19)31(27,28)23(2)3/h6-9,11-12H,4-5,10,13H2,1-3H3,(H2,20,25,26). The van der Waals surface area contributed by atoms with Crippen molar-refractivity contribution in [2.75, 3.05) is 14.1 Å².